The highest BCUT2D eigenvalue weighted by molar-refractivity contribution is 7.98. The smallest absolute Gasteiger partial charge is 0.341 e. The van der Waals surface area contributed by atoms with Crippen molar-refractivity contribution in [3.05, 3.63) is 39.4 Å². The van der Waals surface area contributed by atoms with Gasteiger partial charge in [-0.3, -0.25) is 5.32 Å². The summed E-state index contributed by atoms with van der Waals surface area (Å²) in [4.78, 5) is 23.5. The summed E-state index contributed by atoms with van der Waals surface area (Å²) in [5.41, 5.74) is 0.895. The lowest BCUT2D eigenvalue weighted by atomic mass is 10.2. The van der Waals surface area contributed by atoms with Gasteiger partial charge in [0.2, 0.25) is 0 Å². The molecule has 1 aromatic heterocycles. The number of carbonyl (C=O) groups excluding carboxylic acids is 1. The van der Waals surface area contributed by atoms with Crippen molar-refractivity contribution in [3.8, 4) is 0 Å². The van der Waals surface area contributed by atoms with E-state index in [0.29, 0.717) is 33.3 Å². The maximum atomic E-state index is 11.9. The fourth-order valence-corrected chi connectivity index (χ4v) is 4.34. The Hall–Kier alpha value is -1.48. The minimum Gasteiger partial charge on any atom is -0.477 e. The highest BCUT2D eigenvalue weighted by Crippen LogP contribution is 2.34. The first kappa shape index (κ1) is 19.3. The molecule has 1 heterocycles. The van der Waals surface area contributed by atoms with E-state index in [9.17, 15) is 14.7 Å². The molecule has 1 fully saturated rings. The molecule has 1 aliphatic rings. The molecular weight excluding hydrogens is 417 g/mol. The van der Waals surface area contributed by atoms with E-state index in [2.05, 4.69) is 15.0 Å². The predicted octanol–water partition coefficient (Wildman–Crippen LogP) is 4.97. The molecule has 3 N–H and O–H groups in total. The number of carbonyl (C=O) groups is 2. The zero-order valence-corrected chi connectivity index (χ0v) is 16.6. The van der Waals surface area contributed by atoms with E-state index in [1.54, 1.807) is 12.1 Å². The number of halogens is 2. The van der Waals surface area contributed by atoms with Gasteiger partial charge in [0.15, 0.2) is 0 Å². The van der Waals surface area contributed by atoms with E-state index in [1.807, 2.05) is 6.07 Å². The van der Waals surface area contributed by atoms with Crippen LogP contribution < -0.4 is 10.6 Å². The van der Waals surface area contributed by atoms with Crippen molar-refractivity contribution in [1.82, 2.24) is 9.69 Å². The Kier molecular flexibility index (Phi) is 6.29. The number of anilines is 1. The molecule has 2 aromatic rings. The Balaban J connectivity index is 1.66. The van der Waals surface area contributed by atoms with E-state index >= 15 is 0 Å². The molecule has 10 heteroatoms. The lowest BCUT2D eigenvalue weighted by Gasteiger charge is -2.06. The fourth-order valence-electron chi connectivity index (χ4n) is 2.14. The maximum Gasteiger partial charge on any atom is 0.341 e. The van der Waals surface area contributed by atoms with E-state index < -0.39 is 12.0 Å². The molecule has 0 bridgehead atoms. The number of thioether (sulfide) groups is 1. The van der Waals surface area contributed by atoms with Crippen molar-refractivity contribution in [2.24, 2.45) is 5.92 Å². The minimum atomic E-state index is -1.13. The van der Waals surface area contributed by atoms with E-state index in [1.165, 1.54) is 11.8 Å². The van der Waals surface area contributed by atoms with Gasteiger partial charge in [0.1, 0.15) is 15.6 Å². The number of hydrogen-bond acceptors (Lipinski definition) is 5. The number of nitrogens with one attached hydrogen (secondary N) is 2. The van der Waals surface area contributed by atoms with E-state index in [0.717, 1.165) is 29.9 Å². The minimum absolute atomic E-state index is 0.00151. The fraction of sp³-hybridized carbons (Fsp3) is 0.312. The van der Waals surface area contributed by atoms with Crippen molar-refractivity contribution in [2.75, 3.05) is 11.9 Å². The molecule has 0 spiro atoms. The van der Waals surface area contributed by atoms with E-state index in [-0.39, 0.29) is 10.6 Å². The van der Waals surface area contributed by atoms with Crippen molar-refractivity contribution >= 4 is 63.5 Å². The van der Waals surface area contributed by atoms with Crippen LogP contribution in [0, 0.1) is 5.92 Å². The maximum absolute atomic E-state index is 11.9. The molecule has 0 atom stereocenters. The standard InChI is InChI=1S/C16H15Cl2N3O3S2/c17-10-4-3-9(5-11(10)18)7-25-14-12(15(22)23)13(26-21-14)20-16(24)19-6-8-1-2-8/h3-5,8H,1-2,6-7H2,(H,22,23)(H2,19,20,24). The number of nitrogens with zero attached hydrogens (tertiary/aromatic N) is 1. The Morgan fingerprint density at radius 3 is 2.73 bits per heavy atom. The third-order valence-electron chi connectivity index (χ3n) is 3.71. The molecule has 6 nitrogen and oxygen atoms in total. The summed E-state index contributed by atoms with van der Waals surface area (Å²) in [7, 11) is 0. The lowest BCUT2D eigenvalue weighted by molar-refractivity contribution is 0.0694. The summed E-state index contributed by atoms with van der Waals surface area (Å²) < 4.78 is 4.18. The third kappa shape index (κ3) is 5.03. The molecule has 0 aliphatic heterocycles. The Morgan fingerprint density at radius 2 is 2.08 bits per heavy atom. The quantitative estimate of drug-likeness (QED) is 0.538. The van der Waals surface area contributed by atoms with Gasteiger partial charge in [0.05, 0.1) is 10.0 Å². The number of carboxylic acid groups (broad SMARTS) is 1. The summed E-state index contributed by atoms with van der Waals surface area (Å²) in [6.07, 6.45) is 2.24. The highest BCUT2D eigenvalue weighted by Gasteiger charge is 2.24. The van der Waals surface area contributed by atoms with Gasteiger partial charge < -0.3 is 10.4 Å². The van der Waals surface area contributed by atoms with Crippen molar-refractivity contribution in [2.45, 2.75) is 23.6 Å². The SMILES string of the molecule is O=C(NCC1CC1)Nc1snc(SCc2ccc(Cl)c(Cl)c2)c1C(=O)O. The van der Waals surface area contributed by atoms with Crippen LogP contribution in [0.3, 0.4) is 0 Å². The number of rotatable bonds is 7. The van der Waals surface area contributed by atoms with Gasteiger partial charge in [-0.2, -0.15) is 4.37 Å². The van der Waals surface area contributed by atoms with Crippen LogP contribution in [0.5, 0.6) is 0 Å². The number of hydrogen-bond donors (Lipinski definition) is 3. The molecule has 138 valence electrons. The normalized spacial score (nSPS) is 13.5. The molecule has 0 radical (unpaired) electrons. The third-order valence-corrected chi connectivity index (χ3v) is 6.37. The van der Waals surface area contributed by atoms with Gasteiger partial charge in [0.25, 0.3) is 0 Å². The average molecular weight is 432 g/mol. The summed E-state index contributed by atoms with van der Waals surface area (Å²) in [5.74, 6) is -0.111. The molecule has 3 rings (SSSR count). The van der Waals surface area contributed by atoms with Gasteiger partial charge in [-0.05, 0) is 48.0 Å². The number of carboxylic acids is 1. The van der Waals surface area contributed by atoms with Gasteiger partial charge in [-0.25, -0.2) is 9.59 Å². The Bertz CT molecular complexity index is 840. The van der Waals surface area contributed by atoms with Crippen molar-refractivity contribution in [3.63, 3.8) is 0 Å². The van der Waals surface area contributed by atoms with Crippen LogP contribution in [-0.4, -0.2) is 28.0 Å². The van der Waals surface area contributed by atoms with Crippen LogP contribution >= 0.6 is 46.5 Å². The topological polar surface area (TPSA) is 91.3 Å². The average Bonchev–Trinajstić information content (AvgIpc) is 3.34. The van der Waals surface area contributed by atoms with Crippen LogP contribution in [0.2, 0.25) is 10.0 Å². The highest BCUT2D eigenvalue weighted by atomic mass is 35.5. The largest absolute Gasteiger partial charge is 0.477 e. The second-order valence-electron chi connectivity index (χ2n) is 5.81. The molecule has 0 unspecified atom stereocenters. The first-order valence-corrected chi connectivity index (χ1v) is 10.3. The van der Waals surface area contributed by atoms with Gasteiger partial charge in [-0.15, -0.1) is 0 Å². The van der Waals surface area contributed by atoms with Crippen LogP contribution in [0.4, 0.5) is 9.80 Å². The first-order valence-electron chi connectivity index (χ1n) is 7.78. The Morgan fingerprint density at radius 1 is 1.31 bits per heavy atom. The zero-order chi connectivity index (χ0) is 18.7. The van der Waals surface area contributed by atoms with Crippen LogP contribution in [-0.2, 0) is 5.75 Å². The second kappa shape index (κ2) is 8.47. The molecule has 1 aliphatic carbocycles. The summed E-state index contributed by atoms with van der Waals surface area (Å²) in [6.45, 7) is 0.603. The predicted molar refractivity (Wildman–Crippen MR) is 105 cm³/mol. The van der Waals surface area contributed by atoms with Crippen LogP contribution in [0.15, 0.2) is 23.2 Å². The second-order valence-corrected chi connectivity index (χ2v) is 8.36. The molecule has 1 saturated carbocycles. The van der Waals surface area contributed by atoms with Crippen molar-refractivity contribution < 1.29 is 14.7 Å². The molecular formula is C16H15Cl2N3O3S2. The summed E-state index contributed by atoms with van der Waals surface area (Å²) >= 11 is 14.1. The monoisotopic (exact) mass is 431 g/mol. The number of amides is 2. The van der Waals surface area contributed by atoms with Crippen molar-refractivity contribution in [1.29, 1.82) is 0 Å². The van der Waals surface area contributed by atoms with Gasteiger partial charge in [-0.1, -0.05) is 41.0 Å². The van der Waals surface area contributed by atoms with Gasteiger partial charge in [0, 0.05) is 12.3 Å². The number of aromatic nitrogens is 1. The first-order chi connectivity index (χ1) is 12.4. The number of benzene rings is 1. The lowest BCUT2D eigenvalue weighted by Crippen LogP contribution is -2.30. The molecule has 0 saturated heterocycles. The molecule has 2 amide bonds. The van der Waals surface area contributed by atoms with Crippen LogP contribution in [0.1, 0.15) is 28.8 Å². The Labute approximate surface area is 168 Å². The number of aromatic carboxylic acids is 1. The van der Waals surface area contributed by atoms with E-state index in [4.69, 9.17) is 23.2 Å². The number of urea groups is 1. The molecule has 1 aromatic carbocycles. The summed E-state index contributed by atoms with van der Waals surface area (Å²) in [6, 6.07) is 4.83. The van der Waals surface area contributed by atoms with Gasteiger partial charge >= 0.3 is 12.0 Å². The molecule has 26 heavy (non-hydrogen) atoms. The van der Waals surface area contributed by atoms with Crippen LogP contribution in [0.25, 0.3) is 0 Å². The summed E-state index contributed by atoms with van der Waals surface area (Å²) in [5, 5.41) is 16.3. The zero-order valence-electron chi connectivity index (χ0n) is 13.4.